The van der Waals surface area contributed by atoms with E-state index in [2.05, 4.69) is 10.3 Å². The van der Waals surface area contributed by atoms with E-state index < -0.39 is 11.2 Å². The van der Waals surface area contributed by atoms with Crippen LogP contribution in [0.2, 0.25) is 5.02 Å². The fraction of sp³-hybridized carbons (Fsp3) is 0.294. The zero-order chi connectivity index (χ0) is 19.0. The van der Waals surface area contributed by atoms with Crippen molar-refractivity contribution in [2.24, 2.45) is 14.1 Å². The number of halogens is 1. The lowest BCUT2D eigenvalue weighted by Crippen LogP contribution is -2.38. The Kier molecular flexibility index (Phi) is 4.69. The van der Waals surface area contributed by atoms with Gasteiger partial charge in [0.2, 0.25) is 5.91 Å². The van der Waals surface area contributed by atoms with Crippen LogP contribution < -0.4 is 16.6 Å². The maximum Gasteiger partial charge on any atom is 0.332 e. The van der Waals surface area contributed by atoms with E-state index in [-0.39, 0.29) is 29.7 Å². The predicted octanol–water partition coefficient (Wildman–Crippen LogP) is 0.964. The molecule has 0 radical (unpaired) electrons. The van der Waals surface area contributed by atoms with Crippen LogP contribution in [0.1, 0.15) is 18.5 Å². The summed E-state index contributed by atoms with van der Waals surface area (Å²) in [5, 5.41) is 3.49. The minimum Gasteiger partial charge on any atom is -0.348 e. The summed E-state index contributed by atoms with van der Waals surface area (Å²) in [6.07, 6.45) is 1.39. The van der Waals surface area contributed by atoms with Gasteiger partial charge in [-0.25, -0.2) is 9.78 Å². The van der Waals surface area contributed by atoms with Crippen LogP contribution in [0.3, 0.4) is 0 Å². The Morgan fingerprint density at radius 3 is 2.50 bits per heavy atom. The van der Waals surface area contributed by atoms with Crippen LogP contribution in [0, 0.1) is 0 Å². The summed E-state index contributed by atoms with van der Waals surface area (Å²) >= 11 is 5.87. The number of aryl methyl sites for hydroxylation is 1. The van der Waals surface area contributed by atoms with Crippen molar-refractivity contribution in [1.82, 2.24) is 24.0 Å². The van der Waals surface area contributed by atoms with E-state index in [1.54, 1.807) is 12.1 Å². The van der Waals surface area contributed by atoms with Crippen molar-refractivity contribution in [2.75, 3.05) is 0 Å². The number of carbonyl (C=O) groups is 1. The Morgan fingerprint density at radius 2 is 1.85 bits per heavy atom. The van der Waals surface area contributed by atoms with Crippen molar-refractivity contribution in [2.45, 2.75) is 19.5 Å². The first-order valence-corrected chi connectivity index (χ1v) is 8.33. The summed E-state index contributed by atoms with van der Waals surface area (Å²) in [4.78, 5) is 40.8. The SMILES string of the molecule is C[C@H](NC(=O)Cn1cnc2c1c(=O)n(C)c(=O)n2C)c1ccc(Cl)cc1. The second-order valence-electron chi connectivity index (χ2n) is 6.09. The standard InChI is InChI=1S/C17H18ClN5O3/c1-10(11-4-6-12(18)7-5-11)20-13(24)8-23-9-19-15-14(23)16(25)22(3)17(26)21(15)2/h4-7,9-10H,8H2,1-3H3,(H,20,24)/t10-/m0/s1. The molecule has 2 heterocycles. The highest BCUT2D eigenvalue weighted by Gasteiger charge is 2.17. The van der Waals surface area contributed by atoms with Gasteiger partial charge in [-0.05, 0) is 24.6 Å². The third-order valence-electron chi connectivity index (χ3n) is 4.28. The van der Waals surface area contributed by atoms with E-state index in [9.17, 15) is 14.4 Å². The Labute approximate surface area is 153 Å². The fourth-order valence-corrected chi connectivity index (χ4v) is 2.92. The van der Waals surface area contributed by atoms with Gasteiger partial charge in [0.1, 0.15) is 6.54 Å². The zero-order valence-corrected chi connectivity index (χ0v) is 15.3. The second kappa shape index (κ2) is 6.80. The Balaban J connectivity index is 1.85. The number of nitrogens with zero attached hydrogens (tertiary/aromatic N) is 4. The summed E-state index contributed by atoms with van der Waals surface area (Å²) in [5.74, 6) is -0.275. The van der Waals surface area contributed by atoms with Crippen LogP contribution in [0.25, 0.3) is 11.2 Å². The molecule has 0 saturated heterocycles. The van der Waals surface area contributed by atoms with Crippen molar-refractivity contribution in [1.29, 1.82) is 0 Å². The first-order valence-electron chi connectivity index (χ1n) is 7.95. The molecular formula is C17H18ClN5O3. The minimum absolute atomic E-state index is 0.0815. The van der Waals surface area contributed by atoms with Gasteiger partial charge in [-0.3, -0.25) is 18.7 Å². The van der Waals surface area contributed by atoms with Crippen LogP contribution in [-0.2, 0) is 25.4 Å². The number of hydrogen-bond donors (Lipinski definition) is 1. The molecule has 0 aliphatic heterocycles. The largest absolute Gasteiger partial charge is 0.348 e. The fourth-order valence-electron chi connectivity index (χ4n) is 2.79. The molecule has 2 aromatic heterocycles. The van der Waals surface area contributed by atoms with Gasteiger partial charge in [0.05, 0.1) is 12.4 Å². The number of benzene rings is 1. The summed E-state index contributed by atoms with van der Waals surface area (Å²) in [5.41, 5.74) is 0.421. The van der Waals surface area contributed by atoms with Crippen molar-refractivity contribution >= 4 is 28.7 Å². The minimum atomic E-state index is -0.487. The number of fused-ring (bicyclic) bond motifs is 1. The van der Waals surface area contributed by atoms with E-state index in [0.717, 1.165) is 10.1 Å². The van der Waals surface area contributed by atoms with Crippen LogP contribution >= 0.6 is 11.6 Å². The van der Waals surface area contributed by atoms with Crippen LogP contribution in [0.15, 0.2) is 40.2 Å². The molecule has 1 N–H and O–H groups in total. The Morgan fingerprint density at radius 1 is 1.19 bits per heavy atom. The highest BCUT2D eigenvalue weighted by molar-refractivity contribution is 6.30. The van der Waals surface area contributed by atoms with Gasteiger partial charge in [0, 0.05) is 19.1 Å². The average molecular weight is 376 g/mol. The lowest BCUT2D eigenvalue weighted by Gasteiger charge is -2.15. The van der Waals surface area contributed by atoms with Crippen molar-refractivity contribution in [3.05, 3.63) is 62.0 Å². The van der Waals surface area contributed by atoms with Crippen LogP contribution in [0.5, 0.6) is 0 Å². The number of amides is 1. The lowest BCUT2D eigenvalue weighted by atomic mass is 10.1. The molecule has 0 aliphatic rings. The van der Waals surface area contributed by atoms with E-state index in [1.807, 2.05) is 19.1 Å². The second-order valence-corrected chi connectivity index (χ2v) is 6.53. The number of carbonyl (C=O) groups excluding carboxylic acids is 1. The number of hydrogen-bond acceptors (Lipinski definition) is 4. The molecule has 3 aromatic rings. The van der Waals surface area contributed by atoms with Crippen LogP contribution in [0.4, 0.5) is 0 Å². The van der Waals surface area contributed by atoms with E-state index in [4.69, 9.17) is 11.6 Å². The number of nitrogens with one attached hydrogen (secondary N) is 1. The Bertz CT molecular complexity index is 1090. The summed E-state index contributed by atoms with van der Waals surface area (Å²) in [7, 11) is 2.92. The zero-order valence-electron chi connectivity index (χ0n) is 14.6. The van der Waals surface area contributed by atoms with Crippen molar-refractivity contribution in [3.8, 4) is 0 Å². The summed E-state index contributed by atoms with van der Waals surface area (Å²) in [6.45, 7) is 1.78. The molecule has 1 aromatic carbocycles. The molecule has 0 bridgehead atoms. The molecular weight excluding hydrogens is 358 g/mol. The molecule has 0 aliphatic carbocycles. The van der Waals surface area contributed by atoms with Crippen molar-refractivity contribution in [3.63, 3.8) is 0 Å². The molecule has 1 atom stereocenters. The molecule has 3 rings (SSSR count). The number of aromatic nitrogens is 4. The number of imidazole rings is 1. The predicted molar refractivity (Wildman–Crippen MR) is 98.2 cm³/mol. The maximum atomic E-state index is 12.4. The van der Waals surface area contributed by atoms with Crippen LogP contribution in [-0.4, -0.2) is 24.6 Å². The average Bonchev–Trinajstić information content (AvgIpc) is 3.02. The quantitative estimate of drug-likeness (QED) is 0.735. The first-order chi connectivity index (χ1) is 12.3. The maximum absolute atomic E-state index is 12.4. The lowest BCUT2D eigenvalue weighted by molar-refractivity contribution is -0.122. The third kappa shape index (κ3) is 3.15. The highest BCUT2D eigenvalue weighted by Crippen LogP contribution is 2.16. The smallest absolute Gasteiger partial charge is 0.332 e. The van der Waals surface area contributed by atoms with E-state index in [1.165, 1.54) is 29.6 Å². The first kappa shape index (κ1) is 17.9. The molecule has 0 fully saturated rings. The molecule has 26 heavy (non-hydrogen) atoms. The molecule has 0 saturated carbocycles. The monoisotopic (exact) mass is 375 g/mol. The normalized spacial score (nSPS) is 12.3. The van der Waals surface area contributed by atoms with Gasteiger partial charge in [0.25, 0.3) is 5.56 Å². The molecule has 0 spiro atoms. The molecule has 9 heteroatoms. The van der Waals surface area contributed by atoms with Crippen molar-refractivity contribution < 1.29 is 4.79 Å². The van der Waals surface area contributed by atoms with Gasteiger partial charge < -0.3 is 9.88 Å². The Hall–Kier alpha value is -2.87. The summed E-state index contributed by atoms with van der Waals surface area (Å²) in [6, 6.07) is 6.97. The van der Waals surface area contributed by atoms with E-state index in [0.29, 0.717) is 5.02 Å². The third-order valence-corrected chi connectivity index (χ3v) is 4.53. The van der Waals surface area contributed by atoms with E-state index >= 15 is 0 Å². The van der Waals surface area contributed by atoms with Gasteiger partial charge in [0.15, 0.2) is 11.2 Å². The molecule has 8 nitrogen and oxygen atoms in total. The molecule has 1 amide bonds. The van der Waals surface area contributed by atoms with Gasteiger partial charge in [-0.15, -0.1) is 0 Å². The highest BCUT2D eigenvalue weighted by atomic mass is 35.5. The van der Waals surface area contributed by atoms with Gasteiger partial charge in [-0.1, -0.05) is 23.7 Å². The number of rotatable bonds is 4. The molecule has 136 valence electrons. The molecule has 0 unspecified atom stereocenters. The van der Waals surface area contributed by atoms with Gasteiger partial charge in [-0.2, -0.15) is 0 Å². The topological polar surface area (TPSA) is 90.9 Å². The summed E-state index contributed by atoms with van der Waals surface area (Å²) < 4.78 is 3.72. The van der Waals surface area contributed by atoms with Gasteiger partial charge >= 0.3 is 5.69 Å².